The minimum Gasteiger partial charge on any atom is -0.479 e. The van der Waals surface area contributed by atoms with E-state index in [1.807, 2.05) is 24.3 Å². The number of hydrogen-bond donors (Lipinski definition) is 1. The van der Waals surface area contributed by atoms with Crippen LogP contribution in [0.3, 0.4) is 0 Å². The summed E-state index contributed by atoms with van der Waals surface area (Å²) in [7, 11) is 0. The van der Waals surface area contributed by atoms with Gasteiger partial charge in [-0.2, -0.15) is 5.26 Å². The summed E-state index contributed by atoms with van der Waals surface area (Å²) in [5, 5.41) is 12.0. The van der Waals surface area contributed by atoms with Gasteiger partial charge in [-0.1, -0.05) is 44.2 Å². The molecule has 2 rings (SSSR count). The highest BCUT2D eigenvalue weighted by Crippen LogP contribution is 2.25. The van der Waals surface area contributed by atoms with Crippen molar-refractivity contribution in [3.63, 3.8) is 0 Å². The highest BCUT2D eigenvalue weighted by atomic mass is 16.5. The van der Waals surface area contributed by atoms with Crippen molar-refractivity contribution in [1.29, 1.82) is 5.26 Å². The van der Waals surface area contributed by atoms with Crippen molar-refractivity contribution in [3.05, 3.63) is 29.8 Å². The Bertz CT molecular complexity index is 433. The van der Waals surface area contributed by atoms with E-state index in [2.05, 4.69) is 11.4 Å². The molecule has 1 aromatic carbocycles. The van der Waals surface area contributed by atoms with Crippen LogP contribution in [0.4, 0.5) is 0 Å². The van der Waals surface area contributed by atoms with Gasteiger partial charge >= 0.3 is 0 Å². The Morgan fingerprint density at radius 2 is 2.10 bits per heavy atom. The molecule has 108 valence electrons. The Labute approximate surface area is 121 Å². The van der Waals surface area contributed by atoms with E-state index in [1.54, 1.807) is 0 Å². The van der Waals surface area contributed by atoms with Gasteiger partial charge in [-0.3, -0.25) is 0 Å². The van der Waals surface area contributed by atoms with Crippen LogP contribution in [0.5, 0.6) is 5.75 Å². The SMILES string of the molecule is N#CCOc1cccc(CNCCC2CCCCC2)c1. The second-order valence-corrected chi connectivity index (χ2v) is 5.56. The van der Waals surface area contributed by atoms with Gasteiger partial charge in [0.15, 0.2) is 6.61 Å². The van der Waals surface area contributed by atoms with Crippen LogP contribution < -0.4 is 10.1 Å². The van der Waals surface area contributed by atoms with E-state index in [0.717, 1.165) is 24.8 Å². The molecule has 0 saturated heterocycles. The molecule has 0 amide bonds. The molecule has 0 atom stereocenters. The van der Waals surface area contributed by atoms with Crippen LogP contribution >= 0.6 is 0 Å². The van der Waals surface area contributed by atoms with Gasteiger partial charge in [0.1, 0.15) is 11.8 Å². The van der Waals surface area contributed by atoms with Crippen LogP contribution in [-0.4, -0.2) is 13.2 Å². The van der Waals surface area contributed by atoms with Gasteiger partial charge in [0.25, 0.3) is 0 Å². The maximum atomic E-state index is 8.51. The summed E-state index contributed by atoms with van der Waals surface area (Å²) in [5.74, 6) is 1.71. The summed E-state index contributed by atoms with van der Waals surface area (Å²) < 4.78 is 5.31. The van der Waals surface area contributed by atoms with Crippen LogP contribution in [0, 0.1) is 17.2 Å². The summed E-state index contributed by atoms with van der Waals surface area (Å²) in [6.45, 7) is 2.07. The number of hydrogen-bond acceptors (Lipinski definition) is 3. The van der Waals surface area contributed by atoms with E-state index < -0.39 is 0 Å². The lowest BCUT2D eigenvalue weighted by atomic mass is 9.87. The number of nitriles is 1. The van der Waals surface area contributed by atoms with E-state index in [-0.39, 0.29) is 6.61 Å². The first kappa shape index (κ1) is 14.9. The Balaban J connectivity index is 1.66. The highest BCUT2D eigenvalue weighted by molar-refractivity contribution is 5.28. The van der Waals surface area contributed by atoms with Crippen LogP contribution in [0.1, 0.15) is 44.1 Å². The molecular weight excluding hydrogens is 248 g/mol. The van der Waals surface area contributed by atoms with Crippen LogP contribution in [0.25, 0.3) is 0 Å². The maximum absolute atomic E-state index is 8.51. The zero-order chi connectivity index (χ0) is 14.0. The first-order valence-corrected chi connectivity index (χ1v) is 7.68. The minimum atomic E-state index is 0.110. The molecule has 0 aliphatic heterocycles. The molecule has 1 saturated carbocycles. The lowest BCUT2D eigenvalue weighted by Gasteiger charge is -2.21. The number of ether oxygens (including phenoxy) is 1. The van der Waals surface area contributed by atoms with Crippen molar-refractivity contribution in [2.45, 2.75) is 45.1 Å². The Morgan fingerprint density at radius 3 is 2.90 bits per heavy atom. The molecule has 1 N–H and O–H groups in total. The van der Waals surface area contributed by atoms with Gasteiger partial charge in [-0.25, -0.2) is 0 Å². The van der Waals surface area contributed by atoms with E-state index in [0.29, 0.717) is 0 Å². The third kappa shape index (κ3) is 5.22. The lowest BCUT2D eigenvalue weighted by Crippen LogP contribution is -2.19. The van der Waals surface area contributed by atoms with Gasteiger partial charge < -0.3 is 10.1 Å². The number of nitrogens with zero attached hydrogens (tertiary/aromatic N) is 1. The molecule has 0 radical (unpaired) electrons. The lowest BCUT2D eigenvalue weighted by molar-refractivity contribution is 0.333. The molecule has 0 spiro atoms. The topological polar surface area (TPSA) is 45.0 Å². The van der Waals surface area contributed by atoms with Crippen molar-refractivity contribution in [2.75, 3.05) is 13.2 Å². The number of rotatable bonds is 7. The molecule has 3 heteroatoms. The molecule has 0 unspecified atom stereocenters. The third-order valence-electron chi connectivity index (χ3n) is 3.99. The van der Waals surface area contributed by atoms with Crippen molar-refractivity contribution in [2.24, 2.45) is 5.92 Å². The molecule has 0 bridgehead atoms. The fourth-order valence-corrected chi connectivity index (χ4v) is 2.88. The molecule has 1 aliphatic rings. The average Bonchev–Trinajstić information content (AvgIpc) is 2.51. The van der Waals surface area contributed by atoms with Gasteiger partial charge in [-0.05, 0) is 36.6 Å². The van der Waals surface area contributed by atoms with E-state index in [9.17, 15) is 0 Å². The van der Waals surface area contributed by atoms with Crippen molar-refractivity contribution in [1.82, 2.24) is 5.32 Å². The highest BCUT2D eigenvalue weighted by Gasteiger charge is 2.12. The predicted molar refractivity (Wildman–Crippen MR) is 80.4 cm³/mol. The summed E-state index contributed by atoms with van der Waals surface area (Å²) in [5.41, 5.74) is 1.21. The second kappa shape index (κ2) is 8.60. The Morgan fingerprint density at radius 1 is 1.25 bits per heavy atom. The smallest absolute Gasteiger partial charge is 0.174 e. The Hall–Kier alpha value is -1.53. The molecule has 20 heavy (non-hydrogen) atoms. The molecular formula is C17H24N2O. The van der Waals surface area contributed by atoms with E-state index >= 15 is 0 Å². The Kier molecular flexibility index (Phi) is 6.40. The molecule has 0 heterocycles. The normalized spacial score (nSPS) is 15.8. The summed E-state index contributed by atoms with van der Waals surface area (Å²) in [4.78, 5) is 0. The summed E-state index contributed by atoms with van der Waals surface area (Å²) in [6.07, 6.45) is 8.40. The predicted octanol–water partition coefficient (Wildman–Crippen LogP) is 3.65. The molecule has 1 fully saturated rings. The molecule has 1 aromatic rings. The minimum absolute atomic E-state index is 0.110. The second-order valence-electron chi connectivity index (χ2n) is 5.56. The first-order chi connectivity index (χ1) is 9.88. The standard InChI is InChI=1S/C17H24N2O/c18-10-12-20-17-8-4-7-16(13-17)14-19-11-9-15-5-2-1-3-6-15/h4,7-8,13,15,19H,1-3,5-6,9,11-12,14H2. The molecule has 0 aromatic heterocycles. The van der Waals surface area contributed by atoms with Crippen molar-refractivity contribution >= 4 is 0 Å². The van der Waals surface area contributed by atoms with Gasteiger partial charge in [0, 0.05) is 6.54 Å². The summed E-state index contributed by atoms with van der Waals surface area (Å²) >= 11 is 0. The number of benzene rings is 1. The van der Waals surface area contributed by atoms with Crippen molar-refractivity contribution < 1.29 is 4.74 Å². The molecule has 3 nitrogen and oxygen atoms in total. The third-order valence-corrected chi connectivity index (χ3v) is 3.99. The maximum Gasteiger partial charge on any atom is 0.174 e. The van der Waals surface area contributed by atoms with Crippen LogP contribution in [0.15, 0.2) is 24.3 Å². The largest absolute Gasteiger partial charge is 0.479 e. The van der Waals surface area contributed by atoms with Gasteiger partial charge in [0.05, 0.1) is 0 Å². The quantitative estimate of drug-likeness (QED) is 0.771. The fourth-order valence-electron chi connectivity index (χ4n) is 2.88. The molecule has 1 aliphatic carbocycles. The van der Waals surface area contributed by atoms with Crippen LogP contribution in [-0.2, 0) is 6.54 Å². The van der Waals surface area contributed by atoms with E-state index in [1.165, 1.54) is 44.1 Å². The first-order valence-electron chi connectivity index (χ1n) is 7.68. The summed E-state index contributed by atoms with van der Waals surface area (Å²) in [6, 6.07) is 9.95. The monoisotopic (exact) mass is 272 g/mol. The fraction of sp³-hybridized carbons (Fsp3) is 0.588. The van der Waals surface area contributed by atoms with E-state index in [4.69, 9.17) is 10.00 Å². The van der Waals surface area contributed by atoms with Crippen LogP contribution in [0.2, 0.25) is 0 Å². The van der Waals surface area contributed by atoms with Gasteiger partial charge in [0.2, 0.25) is 0 Å². The van der Waals surface area contributed by atoms with Crippen molar-refractivity contribution in [3.8, 4) is 11.8 Å². The zero-order valence-electron chi connectivity index (χ0n) is 12.1. The van der Waals surface area contributed by atoms with Gasteiger partial charge in [-0.15, -0.1) is 0 Å². The average molecular weight is 272 g/mol. The zero-order valence-corrected chi connectivity index (χ0v) is 12.1. The number of nitrogens with one attached hydrogen (secondary N) is 1.